The lowest BCUT2D eigenvalue weighted by Gasteiger charge is -2.38. The Balaban J connectivity index is 1.86. The zero-order chi connectivity index (χ0) is 19.6. The molecule has 146 valence electrons. The molecule has 0 spiro atoms. The van der Waals surface area contributed by atoms with Gasteiger partial charge < -0.3 is 15.8 Å². The molecule has 2 fully saturated rings. The second-order valence-electron chi connectivity index (χ2n) is 7.10. The van der Waals surface area contributed by atoms with Crippen molar-refractivity contribution in [2.45, 2.75) is 50.3 Å². The summed E-state index contributed by atoms with van der Waals surface area (Å²) in [6.45, 7) is 0. The highest BCUT2D eigenvalue weighted by Crippen LogP contribution is 2.33. The first kappa shape index (κ1) is 19.2. The van der Waals surface area contributed by atoms with Crippen LogP contribution in [0.1, 0.15) is 32.1 Å². The van der Waals surface area contributed by atoms with Crippen LogP contribution < -0.4 is 16.0 Å². The number of para-hydroxylation sites is 2. The average molecular weight is 374 g/mol. The molecule has 27 heavy (non-hydrogen) atoms. The van der Waals surface area contributed by atoms with E-state index in [1.807, 2.05) is 12.1 Å². The maximum Gasteiger partial charge on any atom is 0.331 e. The average Bonchev–Trinajstić information content (AvgIpc) is 2.67. The minimum atomic E-state index is -0.992. The minimum Gasteiger partial charge on any atom is -0.381 e. The Morgan fingerprint density at radius 1 is 1.19 bits per heavy atom. The number of benzene rings is 1. The number of carbonyl (C=O) groups excluding carboxylic acids is 3. The third-order valence-electron chi connectivity index (χ3n) is 5.41. The van der Waals surface area contributed by atoms with Gasteiger partial charge >= 0.3 is 6.03 Å². The number of nitrogens with one attached hydrogen (secondary N) is 1. The molecule has 8 heteroatoms. The minimum absolute atomic E-state index is 0.120. The van der Waals surface area contributed by atoms with E-state index < -0.39 is 23.9 Å². The van der Waals surface area contributed by atoms with Crippen molar-refractivity contribution in [1.29, 1.82) is 0 Å². The zero-order valence-corrected chi connectivity index (χ0v) is 15.7. The number of hydrogen-bond donors (Lipinski definition) is 2. The van der Waals surface area contributed by atoms with Crippen LogP contribution in [0.25, 0.3) is 0 Å². The van der Waals surface area contributed by atoms with Gasteiger partial charge in [-0.2, -0.15) is 0 Å². The van der Waals surface area contributed by atoms with E-state index in [0.717, 1.165) is 36.3 Å². The number of rotatable bonds is 5. The number of hydrogen-bond acceptors (Lipinski definition) is 5. The summed E-state index contributed by atoms with van der Waals surface area (Å²) in [7, 11) is 3.15. The van der Waals surface area contributed by atoms with E-state index >= 15 is 0 Å². The van der Waals surface area contributed by atoms with E-state index in [4.69, 9.17) is 10.5 Å². The second-order valence-corrected chi connectivity index (χ2v) is 7.10. The molecule has 0 radical (unpaired) electrons. The molecule has 4 amide bonds. The Morgan fingerprint density at radius 2 is 1.85 bits per heavy atom. The molecular weight excluding hydrogens is 348 g/mol. The van der Waals surface area contributed by atoms with Crippen molar-refractivity contribution in [3.63, 3.8) is 0 Å². The van der Waals surface area contributed by atoms with Crippen LogP contribution >= 0.6 is 0 Å². The first-order valence-electron chi connectivity index (χ1n) is 9.19. The maximum absolute atomic E-state index is 12.8. The van der Waals surface area contributed by atoms with E-state index in [9.17, 15) is 14.4 Å². The van der Waals surface area contributed by atoms with Crippen molar-refractivity contribution in [2.24, 2.45) is 5.73 Å². The summed E-state index contributed by atoms with van der Waals surface area (Å²) in [5, 5.41) is 3.49. The SMILES string of the molecule is CO[C@H]1CC[C@H](Nc2ccccc2N2C(=O)N(C)C(=O)CC2C(N)=O)CC1. The Bertz CT molecular complexity index is 730. The lowest BCUT2D eigenvalue weighted by Crippen LogP contribution is -2.60. The molecule has 1 aliphatic heterocycles. The van der Waals surface area contributed by atoms with Gasteiger partial charge in [0.2, 0.25) is 11.8 Å². The fraction of sp³-hybridized carbons (Fsp3) is 0.526. The Kier molecular flexibility index (Phi) is 5.65. The summed E-state index contributed by atoms with van der Waals surface area (Å²) >= 11 is 0. The standard InChI is InChI=1S/C19H26N4O4/c1-22-17(24)11-16(18(20)25)23(19(22)26)15-6-4-3-5-14(15)21-12-7-9-13(27-2)10-8-12/h3-6,12-13,16,21H,7-11H2,1-2H3,(H2,20,25)/t12-,13-,16?. The maximum atomic E-state index is 12.8. The number of imide groups is 1. The first-order chi connectivity index (χ1) is 12.9. The van der Waals surface area contributed by atoms with Crippen LogP contribution in [0.4, 0.5) is 16.2 Å². The van der Waals surface area contributed by atoms with Crippen molar-refractivity contribution in [1.82, 2.24) is 4.90 Å². The van der Waals surface area contributed by atoms with Crippen LogP contribution in [0.5, 0.6) is 0 Å². The Hall–Kier alpha value is -2.61. The van der Waals surface area contributed by atoms with E-state index in [1.165, 1.54) is 11.9 Å². The van der Waals surface area contributed by atoms with Crippen molar-refractivity contribution in [2.75, 3.05) is 24.4 Å². The number of methoxy groups -OCH3 is 1. The third kappa shape index (κ3) is 3.90. The smallest absolute Gasteiger partial charge is 0.331 e. The summed E-state index contributed by atoms with van der Waals surface area (Å²) < 4.78 is 5.42. The molecule has 1 atom stereocenters. The summed E-state index contributed by atoms with van der Waals surface area (Å²) in [6, 6.07) is 6.02. The van der Waals surface area contributed by atoms with Crippen LogP contribution in [-0.2, 0) is 14.3 Å². The largest absolute Gasteiger partial charge is 0.381 e. The van der Waals surface area contributed by atoms with Crippen molar-refractivity contribution < 1.29 is 19.1 Å². The fourth-order valence-corrected chi connectivity index (χ4v) is 3.76. The highest BCUT2D eigenvalue weighted by atomic mass is 16.5. The molecule has 8 nitrogen and oxygen atoms in total. The summed E-state index contributed by atoms with van der Waals surface area (Å²) in [6.07, 6.45) is 4.03. The zero-order valence-electron chi connectivity index (χ0n) is 15.7. The lowest BCUT2D eigenvalue weighted by molar-refractivity contribution is -0.131. The molecule has 1 saturated heterocycles. The van der Waals surface area contributed by atoms with Gasteiger partial charge in [0.1, 0.15) is 6.04 Å². The van der Waals surface area contributed by atoms with Gasteiger partial charge in [-0.3, -0.25) is 19.4 Å². The number of ether oxygens (including phenoxy) is 1. The predicted octanol–water partition coefficient (Wildman–Crippen LogP) is 1.70. The number of urea groups is 1. The number of primary amides is 1. The predicted molar refractivity (Wildman–Crippen MR) is 101 cm³/mol. The molecule has 1 unspecified atom stereocenters. The van der Waals surface area contributed by atoms with Gasteiger partial charge in [-0.05, 0) is 37.8 Å². The van der Waals surface area contributed by atoms with E-state index in [1.54, 1.807) is 19.2 Å². The van der Waals surface area contributed by atoms with Gasteiger partial charge in [0, 0.05) is 20.2 Å². The number of carbonyl (C=O) groups is 3. The second kappa shape index (κ2) is 7.96. The normalized spacial score (nSPS) is 26.2. The molecule has 1 aliphatic carbocycles. The molecule has 1 saturated carbocycles. The fourth-order valence-electron chi connectivity index (χ4n) is 3.76. The van der Waals surface area contributed by atoms with E-state index in [-0.39, 0.29) is 12.5 Å². The molecule has 1 heterocycles. The number of nitrogens with zero attached hydrogens (tertiary/aromatic N) is 2. The lowest BCUT2D eigenvalue weighted by atomic mass is 9.92. The van der Waals surface area contributed by atoms with Crippen LogP contribution in [0.2, 0.25) is 0 Å². The molecule has 2 aliphatic rings. The quantitative estimate of drug-likeness (QED) is 0.816. The van der Waals surface area contributed by atoms with Crippen molar-refractivity contribution in [3.8, 4) is 0 Å². The number of amides is 4. The van der Waals surface area contributed by atoms with Crippen LogP contribution in [0.15, 0.2) is 24.3 Å². The van der Waals surface area contributed by atoms with Gasteiger partial charge in [-0.15, -0.1) is 0 Å². The molecule has 1 aromatic rings. The molecular formula is C19H26N4O4. The van der Waals surface area contributed by atoms with Gasteiger partial charge in [0.25, 0.3) is 0 Å². The number of nitrogens with two attached hydrogens (primary N) is 1. The Labute approximate surface area is 158 Å². The number of anilines is 2. The summed E-state index contributed by atoms with van der Waals surface area (Å²) in [5.74, 6) is -1.11. The van der Waals surface area contributed by atoms with Gasteiger partial charge in [-0.25, -0.2) is 4.79 Å². The third-order valence-corrected chi connectivity index (χ3v) is 5.41. The Morgan fingerprint density at radius 3 is 2.48 bits per heavy atom. The van der Waals surface area contributed by atoms with Gasteiger partial charge in [0.15, 0.2) is 0 Å². The van der Waals surface area contributed by atoms with E-state index in [0.29, 0.717) is 11.8 Å². The first-order valence-corrected chi connectivity index (χ1v) is 9.19. The summed E-state index contributed by atoms with van der Waals surface area (Å²) in [5.41, 5.74) is 6.80. The molecule has 0 aromatic heterocycles. The van der Waals surface area contributed by atoms with Crippen LogP contribution in [0.3, 0.4) is 0 Å². The topological polar surface area (TPSA) is 105 Å². The van der Waals surface area contributed by atoms with Crippen molar-refractivity contribution >= 4 is 29.2 Å². The monoisotopic (exact) mass is 374 g/mol. The molecule has 3 rings (SSSR count). The molecule has 1 aromatic carbocycles. The van der Waals surface area contributed by atoms with Crippen LogP contribution in [-0.4, -0.2) is 55.1 Å². The van der Waals surface area contributed by atoms with E-state index in [2.05, 4.69) is 5.32 Å². The van der Waals surface area contributed by atoms with Gasteiger partial charge in [0.05, 0.1) is 23.9 Å². The summed E-state index contributed by atoms with van der Waals surface area (Å²) in [4.78, 5) is 39.0. The van der Waals surface area contributed by atoms with Crippen LogP contribution in [0, 0.1) is 0 Å². The highest BCUT2D eigenvalue weighted by molar-refractivity contribution is 6.12. The van der Waals surface area contributed by atoms with Gasteiger partial charge in [-0.1, -0.05) is 12.1 Å². The highest BCUT2D eigenvalue weighted by Gasteiger charge is 2.41. The molecule has 0 bridgehead atoms. The van der Waals surface area contributed by atoms with Crippen molar-refractivity contribution in [3.05, 3.63) is 24.3 Å². The molecule has 3 N–H and O–H groups in total.